The van der Waals surface area contributed by atoms with E-state index in [2.05, 4.69) is 20.6 Å². The second-order valence-corrected chi connectivity index (χ2v) is 6.60. The third kappa shape index (κ3) is 3.20. The molecule has 0 unspecified atom stereocenters. The lowest BCUT2D eigenvalue weighted by atomic mass is 9.95. The Morgan fingerprint density at radius 2 is 2.04 bits per heavy atom. The van der Waals surface area contributed by atoms with Crippen molar-refractivity contribution < 1.29 is 8.78 Å². The summed E-state index contributed by atoms with van der Waals surface area (Å²) in [7, 11) is 0. The van der Waals surface area contributed by atoms with Gasteiger partial charge in [0.2, 0.25) is 0 Å². The van der Waals surface area contributed by atoms with Crippen LogP contribution in [0.2, 0.25) is 5.02 Å². The molecular weight excluding hydrogens is 360 g/mol. The molecule has 3 heterocycles. The number of nitrogens with one attached hydrogen (secondary N) is 2. The molecule has 0 amide bonds. The van der Waals surface area contributed by atoms with Crippen LogP contribution in [0.4, 0.5) is 20.3 Å². The van der Waals surface area contributed by atoms with E-state index in [1.54, 1.807) is 0 Å². The van der Waals surface area contributed by atoms with E-state index < -0.39 is 16.7 Å². The van der Waals surface area contributed by atoms with Crippen molar-refractivity contribution in [3.05, 3.63) is 52.9 Å². The Hall–Kier alpha value is -2.38. The van der Waals surface area contributed by atoms with Crippen molar-refractivity contribution in [3.8, 4) is 0 Å². The van der Waals surface area contributed by atoms with Crippen molar-refractivity contribution in [1.29, 1.82) is 0 Å². The number of rotatable bonds is 3. The molecule has 0 spiro atoms. The fourth-order valence-electron chi connectivity index (χ4n) is 3.13. The molecule has 134 valence electrons. The molecule has 1 aliphatic heterocycles. The van der Waals surface area contributed by atoms with Crippen LogP contribution < -0.4 is 10.6 Å². The lowest BCUT2D eigenvalue weighted by molar-refractivity contribution is 0.455. The molecule has 1 aliphatic rings. The largest absolute Gasteiger partial charge is 0.336 e. The topological polar surface area (TPSA) is 62.7 Å². The Kier molecular flexibility index (Phi) is 4.65. The van der Waals surface area contributed by atoms with Crippen molar-refractivity contribution in [2.45, 2.75) is 18.8 Å². The first-order valence-electron chi connectivity index (χ1n) is 8.36. The van der Waals surface area contributed by atoms with Gasteiger partial charge in [0.25, 0.3) is 0 Å². The van der Waals surface area contributed by atoms with Gasteiger partial charge < -0.3 is 10.6 Å². The van der Waals surface area contributed by atoms with Gasteiger partial charge in [-0.25, -0.2) is 23.7 Å². The SMILES string of the molecule is Fc1ccc(Nc2ncnc3ccc([C@H]4CCCNC4)nc23)c(F)c1Cl. The first-order valence-corrected chi connectivity index (χ1v) is 8.74. The normalized spacial score (nSPS) is 17.4. The van der Waals surface area contributed by atoms with Gasteiger partial charge in [-0.05, 0) is 43.7 Å². The van der Waals surface area contributed by atoms with E-state index in [1.165, 1.54) is 12.4 Å². The van der Waals surface area contributed by atoms with Crippen LogP contribution in [-0.4, -0.2) is 28.0 Å². The van der Waals surface area contributed by atoms with Crippen LogP contribution in [-0.2, 0) is 0 Å². The van der Waals surface area contributed by atoms with Crippen molar-refractivity contribution in [1.82, 2.24) is 20.3 Å². The van der Waals surface area contributed by atoms with Gasteiger partial charge in [-0.2, -0.15) is 0 Å². The Morgan fingerprint density at radius 1 is 1.15 bits per heavy atom. The second kappa shape index (κ2) is 7.09. The van der Waals surface area contributed by atoms with Gasteiger partial charge in [0.15, 0.2) is 11.6 Å². The van der Waals surface area contributed by atoms with Crippen molar-refractivity contribution in [2.75, 3.05) is 18.4 Å². The lowest BCUT2D eigenvalue weighted by Gasteiger charge is -2.22. The van der Waals surface area contributed by atoms with E-state index in [9.17, 15) is 8.78 Å². The number of hydrogen-bond acceptors (Lipinski definition) is 5. The Bertz CT molecular complexity index is 960. The quantitative estimate of drug-likeness (QED) is 0.673. The van der Waals surface area contributed by atoms with Crippen molar-refractivity contribution >= 4 is 34.1 Å². The molecule has 26 heavy (non-hydrogen) atoms. The smallest absolute Gasteiger partial charge is 0.168 e. The summed E-state index contributed by atoms with van der Waals surface area (Å²) in [5, 5.41) is 5.67. The van der Waals surface area contributed by atoms with E-state index in [0.717, 1.165) is 37.7 Å². The van der Waals surface area contributed by atoms with E-state index in [1.807, 2.05) is 12.1 Å². The summed E-state index contributed by atoms with van der Waals surface area (Å²) in [6, 6.07) is 6.22. The number of piperidine rings is 1. The number of aromatic nitrogens is 3. The number of benzene rings is 1. The second-order valence-electron chi connectivity index (χ2n) is 6.22. The van der Waals surface area contributed by atoms with Crippen LogP contribution in [0.5, 0.6) is 0 Å². The molecule has 4 rings (SSSR count). The fraction of sp³-hybridized carbons (Fsp3) is 0.278. The average Bonchev–Trinajstić information content (AvgIpc) is 2.69. The summed E-state index contributed by atoms with van der Waals surface area (Å²) in [5.74, 6) is -1.01. The Balaban J connectivity index is 1.74. The molecule has 2 N–H and O–H groups in total. The number of hydrogen-bond donors (Lipinski definition) is 2. The summed E-state index contributed by atoms with van der Waals surface area (Å²) >= 11 is 5.65. The summed E-state index contributed by atoms with van der Waals surface area (Å²) in [6.07, 6.45) is 3.53. The molecular formula is C18H16ClF2N5. The highest BCUT2D eigenvalue weighted by Gasteiger charge is 2.18. The zero-order chi connectivity index (χ0) is 18.1. The van der Waals surface area contributed by atoms with E-state index in [4.69, 9.17) is 16.6 Å². The summed E-state index contributed by atoms with van der Waals surface area (Å²) < 4.78 is 27.6. The molecule has 5 nitrogen and oxygen atoms in total. The third-order valence-electron chi connectivity index (χ3n) is 4.51. The van der Waals surface area contributed by atoms with Crippen LogP contribution in [0.3, 0.4) is 0 Å². The summed E-state index contributed by atoms with van der Waals surface area (Å²) in [5.41, 5.74) is 2.15. The van der Waals surface area contributed by atoms with Crippen LogP contribution in [0.25, 0.3) is 11.0 Å². The standard InChI is InChI=1S/C18H16ClF2N5/c19-15-11(20)3-4-13(16(15)21)26-18-17-14(23-9-24-18)6-5-12(25-17)10-2-1-7-22-8-10/h3-6,9-10,22H,1-2,7-8H2,(H,23,24,26)/t10-/m0/s1. The van der Waals surface area contributed by atoms with Gasteiger partial charge in [0.1, 0.15) is 22.7 Å². The highest BCUT2D eigenvalue weighted by Crippen LogP contribution is 2.30. The van der Waals surface area contributed by atoms with Crippen LogP contribution in [0.1, 0.15) is 24.5 Å². The van der Waals surface area contributed by atoms with E-state index in [0.29, 0.717) is 22.8 Å². The first kappa shape index (κ1) is 17.1. The number of anilines is 2. The minimum Gasteiger partial charge on any atom is -0.336 e. The Labute approximate surface area is 153 Å². The molecule has 0 bridgehead atoms. The molecule has 2 aromatic heterocycles. The maximum Gasteiger partial charge on any atom is 0.168 e. The highest BCUT2D eigenvalue weighted by atomic mass is 35.5. The summed E-state index contributed by atoms with van der Waals surface area (Å²) in [6.45, 7) is 1.89. The third-order valence-corrected chi connectivity index (χ3v) is 4.85. The molecule has 0 aliphatic carbocycles. The first-order chi connectivity index (χ1) is 12.6. The van der Waals surface area contributed by atoms with Crippen LogP contribution >= 0.6 is 11.6 Å². The summed E-state index contributed by atoms with van der Waals surface area (Å²) in [4.78, 5) is 13.1. The fourth-order valence-corrected chi connectivity index (χ4v) is 3.29. The molecule has 1 aromatic carbocycles. The minimum absolute atomic E-state index is 0.0305. The van der Waals surface area contributed by atoms with E-state index >= 15 is 0 Å². The maximum absolute atomic E-state index is 14.2. The molecule has 0 radical (unpaired) electrons. The molecule has 1 saturated heterocycles. The lowest BCUT2D eigenvalue weighted by Crippen LogP contribution is -2.28. The predicted octanol–water partition coefficient (Wildman–Crippen LogP) is 4.17. The molecule has 1 fully saturated rings. The van der Waals surface area contributed by atoms with Crippen molar-refractivity contribution in [2.24, 2.45) is 0 Å². The van der Waals surface area contributed by atoms with E-state index in [-0.39, 0.29) is 5.69 Å². The van der Waals surface area contributed by atoms with Gasteiger partial charge in [0, 0.05) is 18.2 Å². The number of nitrogens with zero attached hydrogens (tertiary/aromatic N) is 3. The van der Waals surface area contributed by atoms with Crippen LogP contribution in [0, 0.1) is 11.6 Å². The van der Waals surface area contributed by atoms with Gasteiger partial charge in [-0.15, -0.1) is 0 Å². The minimum atomic E-state index is -0.869. The maximum atomic E-state index is 14.2. The van der Waals surface area contributed by atoms with Gasteiger partial charge in [0.05, 0.1) is 11.2 Å². The predicted molar refractivity (Wildman–Crippen MR) is 96.8 cm³/mol. The number of halogens is 3. The zero-order valence-corrected chi connectivity index (χ0v) is 14.5. The molecule has 1 atom stereocenters. The highest BCUT2D eigenvalue weighted by molar-refractivity contribution is 6.31. The van der Waals surface area contributed by atoms with Gasteiger partial charge >= 0.3 is 0 Å². The van der Waals surface area contributed by atoms with Crippen LogP contribution in [0.15, 0.2) is 30.6 Å². The van der Waals surface area contributed by atoms with Gasteiger partial charge in [-0.1, -0.05) is 11.6 Å². The average molecular weight is 376 g/mol. The van der Waals surface area contributed by atoms with Crippen molar-refractivity contribution in [3.63, 3.8) is 0 Å². The number of pyridine rings is 1. The monoisotopic (exact) mass is 375 g/mol. The molecule has 8 heteroatoms. The molecule has 0 saturated carbocycles. The Morgan fingerprint density at radius 3 is 2.85 bits per heavy atom. The number of fused-ring (bicyclic) bond motifs is 1. The molecule has 3 aromatic rings. The zero-order valence-electron chi connectivity index (χ0n) is 13.8. The van der Waals surface area contributed by atoms with Gasteiger partial charge in [-0.3, -0.25) is 0 Å².